The summed E-state index contributed by atoms with van der Waals surface area (Å²) in [7, 11) is 0. The van der Waals surface area contributed by atoms with Crippen molar-refractivity contribution in [2.24, 2.45) is 11.7 Å². The lowest BCUT2D eigenvalue weighted by molar-refractivity contribution is -0.142. The Morgan fingerprint density at radius 1 is 0.444 bits per heavy atom. The van der Waals surface area contributed by atoms with E-state index in [1.165, 1.54) is 55.4 Å². The van der Waals surface area contributed by atoms with Gasteiger partial charge in [-0.15, -0.1) is 0 Å². The van der Waals surface area contributed by atoms with Gasteiger partial charge in [-0.05, 0) is 175 Å². The van der Waals surface area contributed by atoms with Crippen LogP contribution in [0.1, 0.15) is 108 Å². The van der Waals surface area contributed by atoms with E-state index in [1.807, 2.05) is 56.3 Å². The zero-order chi connectivity index (χ0) is 89.5. The Kier molecular flexibility index (Phi) is 36.3. The lowest BCUT2D eigenvalue weighted by Crippen LogP contribution is -2.62. The first-order valence-corrected chi connectivity index (χ1v) is 42.1. The standard InChI is InChI=1S/C90H106Cl3N17O14/c1-52(2)41-71(80(114)103-70(22-9-10-39-96-53(3)4)88(122)110-40-14-23-78(110)87(121)97-54(5)79(94)113)104-82(116)74(44-57-27-34-66(35-28-57)99-89(123)101-68-20-11-18-64(92)48-68)106-84(118)75(45-58-29-36-67(37-30-58)100-90(124)102-69-21-12-19-65(93)49-69)108-86(120)77(51-111)109-85(119)76(47-60-15-13-38-95-50-60)107-83(117)73(43-56-25-32-63(91)33-26-56)105-81(115)72(98-55(6)112)46-59-24-31-61-16-7-8-17-62(61)42-59/h7-8,11-13,15-21,24-38,42,48-50,52-54,70-78,96,111H,9-10,14,22-23,39-41,43-47,51H2,1-6H3,(H2,94,113)(H,97,121)(H,98,112)(H,103,114)(H,104,116)(H,105,115)(H,106,118)(H,107,117)(H,108,120)(H,109,119)(H2,99,101,123)(H2,100,102,124)/t54-,70+,71+,72-,73-,74-,75+,76-,77+,78+/m1/s1. The maximum absolute atomic E-state index is 15.6. The van der Waals surface area contributed by atoms with E-state index in [1.54, 1.807) is 123 Å². The van der Waals surface area contributed by atoms with Gasteiger partial charge < -0.3 is 90.2 Å². The number of carbonyl (C=O) groups excluding carboxylic acids is 13. The van der Waals surface area contributed by atoms with Crippen LogP contribution in [0.5, 0.6) is 0 Å². The number of aliphatic hydroxyl groups excluding tert-OH is 1. The number of benzene rings is 7. The second-order valence-corrected chi connectivity index (χ2v) is 32.5. The molecule has 1 saturated heterocycles. The van der Waals surface area contributed by atoms with E-state index >= 15 is 28.8 Å². The number of hydrogen-bond acceptors (Lipinski definition) is 16. The van der Waals surface area contributed by atoms with Crippen molar-refractivity contribution in [3.05, 3.63) is 231 Å². The SMILES string of the molecule is CC(=O)N[C@H](Cc1ccc2ccccc2c1)C(=O)N[C@H](Cc1ccc(Cl)cc1)C(=O)N[C@H](Cc1cccnc1)C(=O)N[C@@H](CO)C(=O)N[C@@H](Cc1ccc(NC(=O)Nc2cccc(Cl)c2)cc1)C(=O)N[C@H](Cc1ccc(NC(=O)Nc2cccc(Cl)c2)cc1)C(=O)N[C@@H](CC(C)C)C(=O)N[C@@H](CCCCNC(C)C)C(=O)N1CCC[C@H]1C(=O)N[C@H](C)C(N)=O. The van der Waals surface area contributed by atoms with Gasteiger partial charge in [0.15, 0.2) is 0 Å². The van der Waals surface area contributed by atoms with E-state index in [0.29, 0.717) is 85.8 Å². The number of halogens is 3. The van der Waals surface area contributed by atoms with Crippen molar-refractivity contribution in [3.8, 4) is 0 Å². The van der Waals surface area contributed by atoms with Gasteiger partial charge in [0.25, 0.3) is 0 Å². The van der Waals surface area contributed by atoms with Gasteiger partial charge in [-0.1, -0.05) is 160 Å². The molecule has 34 heteroatoms. The molecule has 1 aliphatic rings. The molecule has 1 aliphatic heterocycles. The lowest BCUT2D eigenvalue weighted by Gasteiger charge is -2.31. The number of aromatic nitrogens is 1. The monoisotopic (exact) mass is 1750 g/mol. The van der Waals surface area contributed by atoms with Gasteiger partial charge in [0.05, 0.1) is 6.61 Å². The number of amides is 15. The van der Waals surface area contributed by atoms with Crippen LogP contribution in [0.15, 0.2) is 188 Å². The second kappa shape index (κ2) is 47.2. The fourth-order valence-corrected chi connectivity index (χ4v) is 14.5. The van der Waals surface area contributed by atoms with Gasteiger partial charge in [-0.3, -0.25) is 57.7 Å². The molecule has 9 rings (SSSR count). The molecule has 0 radical (unpaired) electrons. The van der Waals surface area contributed by atoms with Crippen LogP contribution < -0.4 is 80.2 Å². The van der Waals surface area contributed by atoms with E-state index in [4.69, 9.17) is 40.5 Å². The van der Waals surface area contributed by atoms with E-state index in [2.05, 4.69) is 79.4 Å². The number of primary amides is 1. The summed E-state index contributed by atoms with van der Waals surface area (Å²) < 4.78 is 0. The molecule has 0 saturated carbocycles. The number of unbranched alkanes of at least 4 members (excludes halogenated alkanes) is 1. The molecule has 10 atom stereocenters. The highest BCUT2D eigenvalue weighted by atomic mass is 35.5. The van der Waals surface area contributed by atoms with Gasteiger partial charge >= 0.3 is 12.1 Å². The number of nitrogens with one attached hydrogen (secondary N) is 14. The summed E-state index contributed by atoms with van der Waals surface area (Å²) in [4.78, 5) is 192. The Hall–Kier alpha value is -12.6. The number of urea groups is 2. The summed E-state index contributed by atoms with van der Waals surface area (Å²) in [6.07, 6.45) is 3.57. The molecule has 2 heterocycles. The maximum Gasteiger partial charge on any atom is 0.323 e. The normalized spacial score (nSPS) is 14.5. The fraction of sp³-hybridized carbons (Fsp3) is 0.356. The third-order valence-corrected chi connectivity index (χ3v) is 21.1. The molecule has 0 spiro atoms. The number of likely N-dealkylation sites (tertiary alicyclic amines) is 1. The zero-order valence-corrected chi connectivity index (χ0v) is 71.9. The Balaban J connectivity index is 1.02. The Morgan fingerprint density at radius 2 is 0.887 bits per heavy atom. The number of nitrogens with two attached hydrogens (primary N) is 1. The summed E-state index contributed by atoms with van der Waals surface area (Å²) in [5.41, 5.74) is 9.24. The van der Waals surface area contributed by atoms with Gasteiger partial charge in [-0.2, -0.15) is 0 Å². The van der Waals surface area contributed by atoms with Crippen molar-refractivity contribution >= 4 is 145 Å². The van der Waals surface area contributed by atoms with Gasteiger partial charge in [0.1, 0.15) is 60.4 Å². The molecule has 1 aromatic heterocycles. The largest absolute Gasteiger partial charge is 0.394 e. The quantitative estimate of drug-likeness (QED) is 0.0161. The predicted molar refractivity (Wildman–Crippen MR) is 475 cm³/mol. The molecule has 1 fully saturated rings. The van der Waals surface area contributed by atoms with Crippen molar-refractivity contribution in [3.63, 3.8) is 0 Å². The average Bonchev–Trinajstić information content (AvgIpc) is 1.57. The first-order valence-electron chi connectivity index (χ1n) is 40.9. The minimum Gasteiger partial charge on any atom is -0.394 e. The third-order valence-electron chi connectivity index (χ3n) is 20.3. The molecule has 0 aliphatic carbocycles. The maximum atomic E-state index is 15.6. The summed E-state index contributed by atoms with van der Waals surface area (Å²) in [5, 5.41) is 53.0. The molecule has 17 N–H and O–H groups in total. The number of rotatable bonds is 42. The first kappa shape index (κ1) is 95.3. The molecule has 31 nitrogen and oxygen atoms in total. The Bertz CT molecular complexity index is 5050. The topological polar surface area (TPSA) is 453 Å². The number of anilines is 4. The molecule has 7 aromatic carbocycles. The predicted octanol–water partition coefficient (Wildman–Crippen LogP) is 8.08. The number of hydrogen-bond donors (Lipinski definition) is 16. The number of aliphatic hydroxyl groups is 1. The van der Waals surface area contributed by atoms with Gasteiger partial charge in [0, 0.05) is 102 Å². The molecule has 0 bridgehead atoms. The fourth-order valence-electron chi connectivity index (χ4n) is 14.0. The molecule has 15 amide bonds. The highest BCUT2D eigenvalue weighted by molar-refractivity contribution is 6.31. The van der Waals surface area contributed by atoms with Crippen molar-refractivity contribution in [1.29, 1.82) is 0 Å². The van der Waals surface area contributed by atoms with Crippen molar-refractivity contribution in [2.45, 2.75) is 179 Å². The van der Waals surface area contributed by atoms with Crippen LogP contribution >= 0.6 is 34.8 Å². The van der Waals surface area contributed by atoms with Crippen LogP contribution in [0.25, 0.3) is 10.8 Å². The van der Waals surface area contributed by atoms with Gasteiger partial charge in [-0.25, -0.2) is 9.59 Å². The van der Waals surface area contributed by atoms with Crippen LogP contribution in [0.4, 0.5) is 32.3 Å². The van der Waals surface area contributed by atoms with Crippen molar-refractivity contribution < 1.29 is 67.4 Å². The smallest absolute Gasteiger partial charge is 0.323 e. The highest BCUT2D eigenvalue weighted by Gasteiger charge is 2.41. The average molecular weight is 1760 g/mol. The molecule has 8 aromatic rings. The number of fused-ring (bicyclic) bond motifs is 1. The van der Waals surface area contributed by atoms with E-state index in [0.717, 1.165) is 10.8 Å². The van der Waals surface area contributed by atoms with Crippen LogP contribution in [0.3, 0.4) is 0 Å². The van der Waals surface area contributed by atoms with E-state index < -0.39 is 144 Å². The summed E-state index contributed by atoms with van der Waals surface area (Å²) in [6, 6.07) is 32.8. The Morgan fingerprint density at radius 3 is 1.36 bits per heavy atom. The molecule has 656 valence electrons. The lowest BCUT2D eigenvalue weighted by atomic mass is 9.99. The van der Waals surface area contributed by atoms with Gasteiger partial charge in [0.2, 0.25) is 65.0 Å². The summed E-state index contributed by atoms with van der Waals surface area (Å²) in [6.45, 7) is 9.86. The molecular weight excluding hydrogens is 1650 g/mol. The van der Waals surface area contributed by atoms with Crippen molar-refractivity contribution in [1.82, 2.24) is 63.1 Å². The highest BCUT2D eigenvalue weighted by Crippen LogP contribution is 2.25. The molecular formula is C90H106Cl3N17O14. The number of nitrogens with zero attached hydrogens (tertiary/aromatic N) is 2. The molecule has 0 unspecified atom stereocenters. The van der Waals surface area contributed by atoms with Crippen LogP contribution in [-0.2, 0) is 84.8 Å². The second-order valence-electron chi connectivity index (χ2n) is 31.2. The van der Waals surface area contributed by atoms with Crippen LogP contribution in [0.2, 0.25) is 15.1 Å². The minimum absolute atomic E-state index is 0.0119. The number of pyridine rings is 1. The van der Waals surface area contributed by atoms with Crippen LogP contribution in [0, 0.1) is 5.92 Å². The third kappa shape index (κ3) is 30.5. The number of carbonyl (C=O) groups is 13. The zero-order valence-electron chi connectivity index (χ0n) is 69.6. The summed E-state index contributed by atoms with van der Waals surface area (Å²) in [5.74, 6) is -9.37. The molecule has 124 heavy (non-hydrogen) atoms. The summed E-state index contributed by atoms with van der Waals surface area (Å²) >= 11 is 18.7. The van der Waals surface area contributed by atoms with E-state index in [-0.39, 0.29) is 75.6 Å². The first-order chi connectivity index (χ1) is 59.3. The van der Waals surface area contributed by atoms with E-state index in [9.17, 15) is 38.7 Å². The van der Waals surface area contributed by atoms with Crippen LogP contribution in [-0.4, -0.2) is 178 Å². The Labute approximate surface area is 734 Å². The van der Waals surface area contributed by atoms with Crippen molar-refractivity contribution in [2.75, 3.05) is 41.0 Å². The minimum atomic E-state index is -1.90.